The second-order valence-electron chi connectivity index (χ2n) is 4.78. The molecule has 1 heterocycles. The van der Waals surface area contributed by atoms with Crippen molar-refractivity contribution < 1.29 is 9.53 Å². The third kappa shape index (κ3) is 3.20. The molecule has 0 aromatic carbocycles. The molecule has 0 aromatic rings. The van der Waals surface area contributed by atoms with Crippen molar-refractivity contribution in [1.29, 1.82) is 0 Å². The SMILES string of the molecule is CC1CC(C)CN(C(=O)OC(C)C)C1. The second-order valence-corrected chi connectivity index (χ2v) is 4.78. The van der Waals surface area contributed by atoms with Gasteiger partial charge in [0.15, 0.2) is 0 Å². The molecule has 0 aromatic heterocycles. The maximum atomic E-state index is 11.6. The minimum atomic E-state index is -0.154. The van der Waals surface area contributed by atoms with Crippen molar-refractivity contribution in [3.8, 4) is 0 Å². The highest BCUT2D eigenvalue weighted by molar-refractivity contribution is 5.67. The zero-order valence-corrected chi connectivity index (χ0v) is 9.62. The van der Waals surface area contributed by atoms with Crippen LogP contribution in [0.4, 0.5) is 4.79 Å². The minimum absolute atomic E-state index is 0.0185. The summed E-state index contributed by atoms with van der Waals surface area (Å²) in [6.45, 7) is 9.83. The lowest BCUT2D eigenvalue weighted by Crippen LogP contribution is -2.43. The zero-order chi connectivity index (χ0) is 10.7. The number of hydrogen-bond acceptors (Lipinski definition) is 2. The molecule has 1 saturated heterocycles. The van der Waals surface area contributed by atoms with E-state index in [1.807, 2.05) is 18.7 Å². The van der Waals surface area contributed by atoms with Crippen molar-refractivity contribution in [2.24, 2.45) is 11.8 Å². The molecule has 1 amide bonds. The van der Waals surface area contributed by atoms with Gasteiger partial charge in [0.2, 0.25) is 0 Å². The number of carbonyl (C=O) groups excluding carboxylic acids is 1. The Bertz CT molecular complexity index is 193. The highest BCUT2D eigenvalue weighted by Crippen LogP contribution is 2.21. The molecule has 0 N–H and O–H groups in total. The van der Waals surface area contributed by atoms with E-state index in [4.69, 9.17) is 4.74 Å². The number of nitrogens with zero attached hydrogens (tertiary/aromatic N) is 1. The number of amides is 1. The van der Waals surface area contributed by atoms with Gasteiger partial charge >= 0.3 is 6.09 Å². The lowest BCUT2D eigenvalue weighted by atomic mass is 9.92. The molecule has 0 bridgehead atoms. The predicted molar refractivity (Wildman–Crippen MR) is 56.1 cm³/mol. The first-order chi connectivity index (χ1) is 6.49. The molecule has 1 fully saturated rings. The third-order valence-electron chi connectivity index (χ3n) is 2.46. The minimum Gasteiger partial charge on any atom is -0.447 e. The Morgan fingerprint density at radius 2 is 1.79 bits per heavy atom. The molecule has 1 aliphatic heterocycles. The molecule has 2 atom stereocenters. The molecule has 1 rings (SSSR count). The Morgan fingerprint density at radius 1 is 1.29 bits per heavy atom. The molecule has 3 heteroatoms. The van der Waals surface area contributed by atoms with E-state index < -0.39 is 0 Å². The predicted octanol–water partition coefficient (Wildman–Crippen LogP) is 2.51. The Morgan fingerprint density at radius 3 is 2.21 bits per heavy atom. The van der Waals surface area contributed by atoms with Gasteiger partial charge in [-0.2, -0.15) is 0 Å². The topological polar surface area (TPSA) is 29.5 Å². The van der Waals surface area contributed by atoms with Crippen LogP contribution in [-0.4, -0.2) is 30.2 Å². The smallest absolute Gasteiger partial charge is 0.410 e. The molecule has 1 aliphatic rings. The van der Waals surface area contributed by atoms with Crippen LogP contribution in [0, 0.1) is 11.8 Å². The largest absolute Gasteiger partial charge is 0.447 e. The van der Waals surface area contributed by atoms with Crippen LogP contribution in [0.2, 0.25) is 0 Å². The number of piperidine rings is 1. The number of carbonyl (C=O) groups is 1. The van der Waals surface area contributed by atoms with Crippen molar-refractivity contribution in [1.82, 2.24) is 4.90 Å². The Labute approximate surface area is 86.4 Å². The van der Waals surface area contributed by atoms with Gasteiger partial charge < -0.3 is 9.64 Å². The molecule has 14 heavy (non-hydrogen) atoms. The molecule has 2 unspecified atom stereocenters. The van der Waals surface area contributed by atoms with Crippen LogP contribution in [0.1, 0.15) is 34.1 Å². The standard InChI is InChI=1S/C11H21NO2/c1-8(2)14-11(13)12-6-9(3)5-10(4)7-12/h8-10H,5-7H2,1-4H3. The van der Waals surface area contributed by atoms with Crippen LogP contribution in [-0.2, 0) is 4.74 Å². The average Bonchev–Trinajstić information content (AvgIpc) is 2.00. The molecular weight excluding hydrogens is 178 g/mol. The Kier molecular flexibility index (Phi) is 3.78. The van der Waals surface area contributed by atoms with E-state index >= 15 is 0 Å². The van der Waals surface area contributed by atoms with Gasteiger partial charge in [0.05, 0.1) is 6.10 Å². The fourth-order valence-electron chi connectivity index (χ4n) is 2.09. The summed E-state index contributed by atoms with van der Waals surface area (Å²) in [6.07, 6.45) is 1.04. The van der Waals surface area contributed by atoms with E-state index in [1.54, 1.807) is 0 Å². The highest BCUT2D eigenvalue weighted by atomic mass is 16.6. The van der Waals surface area contributed by atoms with Crippen molar-refractivity contribution in [2.45, 2.75) is 40.2 Å². The summed E-state index contributed by atoms with van der Waals surface area (Å²) >= 11 is 0. The average molecular weight is 199 g/mol. The van der Waals surface area contributed by atoms with Crippen LogP contribution < -0.4 is 0 Å². The van der Waals surface area contributed by atoms with Crippen LogP contribution >= 0.6 is 0 Å². The van der Waals surface area contributed by atoms with Gasteiger partial charge in [-0.15, -0.1) is 0 Å². The monoisotopic (exact) mass is 199 g/mol. The van der Waals surface area contributed by atoms with Crippen LogP contribution in [0.25, 0.3) is 0 Å². The molecular formula is C11H21NO2. The molecule has 0 radical (unpaired) electrons. The van der Waals surface area contributed by atoms with E-state index in [0.717, 1.165) is 13.1 Å². The number of rotatable bonds is 1. The molecule has 0 aliphatic carbocycles. The van der Waals surface area contributed by atoms with Gasteiger partial charge in [-0.25, -0.2) is 4.79 Å². The second kappa shape index (κ2) is 4.67. The Hall–Kier alpha value is -0.730. The quantitative estimate of drug-likeness (QED) is 0.649. The molecule has 3 nitrogen and oxygen atoms in total. The van der Waals surface area contributed by atoms with Gasteiger partial charge in [0.25, 0.3) is 0 Å². The molecule has 0 saturated carbocycles. The maximum absolute atomic E-state index is 11.6. The fourth-order valence-corrected chi connectivity index (χ4v) is 2.09. The van der Waals surface area contributed by atoms with E-state index in [2.05, 4.69) is 13.8 Å². The first-order valence-electron chi connectivity index (χ1n) is 5.44. The van der Waals surface area contributed by atoms with Crippen LogP contribution in [0.5, 0.6) is 0 Å². The number of hydrogen-bond donors (Lipinski definition) is 0. The summed E-state index contributed by atoms with van der Waals surface area (Å²) < 4.78 is 5.17. The molecule has 82 valence electrons. The third-order valence-corrected chi connectivity index (χ3v) is 2.46. The summed E-state index contributed by atoms with van der Waals surface area (Å²) in [7, 11) is 0. The van der Waals surface area contributed by atoms with Crippen molar-refractivity contribution >= 4 is 6.09 Å². The van der Waals surface area contributed by atoms with Gasteiger partial charge in [0, 0.05) is 13.1 Å². The van der Waals surface area contributed by atoms with Crippen LogP contribution in [0.3, 0.4) is 0 Å². The van der Waals surface area contributed by atoms with E-state index in [0.29, 0.717) is 11.8 Å². The summed E-state index contributed by atoms with van der Waals surface area (Å²) in [5.74, 6) is 1.19. The van der Waals surface area contributed by atoms with Gasteiger partial charge in [-0.3, -0.25) is 0 Å². The maximum Gasteiger partial charge on any atom is 0.410 e. The van der Waals surface area contributed by atoms with E-state index in [-0.39, 0.29) is 12.2 Å². The van der Waals surface area contributed by atoms with Gasteiger partial charge in [-0.1, -0.05) is 13.8 Å². The summed E-state index contributed by atoms with van der Waals surface area (Å²) in [6, 6.07) is 0. The lowest BCUT2D eigenvalue weighted by molar-refractivity contribution is 0.0548. The van der Waals surface area contributed by atoms with E-state index in [9.17, 15) is 4.79 Å². The first-order valence-corrected chi connectivity index (χ1v) is 5.44. The Balaban J connectivity index is 2.46. The first kappa shape index (κ1) is 11.3. The fraction of sp³-hybridized carbons (Fsp3) is 0.909. The van der Waals surface area contributed by atoms with Crippen molar-refractivity contribution in [3.63, 3.8) is 0 Å². The molecule has 0 spiro atoms. The highest BCUT2D eigenvalue weighted by Gasteiger charge is 2.26. The summed E-state index contributed by atoms with van der Waals surface area (Å²) in [4.78, 5) is 13.4. The number of ether oxygens (including phenoxy) is 1. The van der Waals surface area contributed by atoms with Gasteiger partial charge in [0.1, 0.15) is 0 Å². The van der Waals surface area contributed by atoms with Crippen LogP contribution in [0.15, 0.2) is 0 Å². The van der Waals surface area contributed by atoms with Crippen molar-refractivity contribution in [3.05, 3.63) is 0 Å². The van der Waals surface area contributed by atoms with E-state index in [1.165, 1.54) is 6.42 Å². The summed E-state index contributed by atoms with van der Waals surface area (Å²) in [5.41, 5.74) is 0. The van der Waals surface area contributed by atoms with Crippen molar-refractivity contribution in [2.75, 3.05) is 13.1 Å². The normalized spacial score (nSPS) is 27.9. The zero-order valence-electron chi connectivity index (χ0n) is 9.62. The summed E-state index contributed by atoms with van der Waals surface area (Å²) in [5, 5.41) is 0. The lowest BCUT2D eigenvalue weighted by Gasteiger charge is -2.34. The number of likely N-dealkylation sites (tertiary alicyclic amines) is 1. The van der Waals surface area contributed by atoms with Gasteiger partial charge in [-0.05, 0) is 32.1 Å².